The van der Waals surface area contributed by atoms with Crippen molar-refractivity contribution in [3.8, 4) is 0 Å². The average Bonchev–Trinajstić information content (AvgIpc) is 2.27. The van der Waals surface area contributed by atoms with Crippen LogP contribution in [0.15, 0.2) is 18.2 Å². The average molecular weight is 250 g/mol. The molecule has 1 aromatic rings. The fourth-order valence-electron chi connectivity index (χ4n) is 1.23. The van der Waals surface area contributed by atoms with Crippen LogP contribution < -0.4 is 5.73 Å². The molecule has 0 saturated heterocycles. The summed E-state index contributed by atoms with van der Waals surface area (Å²) in [5.41, 5.74) is 6.53. The van der Waals surface area contributed by atoms with E-state index in [2.05, 4.69) is 0 Å². The van der Waals surface area contributed by atoms with Crippen molar-refractivity contribution in [2.24, 2.45) is 5.73 Å². The van der Waals surface area contributed by atoms with Crippen molar-refractivity contribution < 1.29 is 10.2 Å². The molecule has 0 aromatic heterocycles. The van der Waals surface area contributed by atoms with Crippen molar-refractivity contribution in [2.45, 2.75) is 18.1 Å². The first-order valence-corrected chi connectivity index (χ1v) is 5.42. The molecule has 0 aliphatic heterocycles. The molecule has 2 atom stereocenters. The Morgan fingerprint density at radius 2 is 2.00 bits per heavy atom. The molecule has 3 nitrogen and oxygen atoms in total. The summed E-state index contributed by atoms with van der Waals surface area (Å²) < 4.78 is 0. The molecule has 5 heteroatoms. The summed E-state index contributed by atoms with van der Waals surface area (Å²) in [6.45, 7) is 0.00000142. The van der Waals surface area contributed by atoms with Gasteiger partial charge in [-0.15, -0.1) is 11.6 Å². The normalized spacial score (nSPS) is 15.0. The molecule has 0 aliphatic carbocycles. The summed E-state index contributed by atoms with van der Waals surface area (Å²) in [5.74, 6) is 0.262. The lowest BCUT2D eigenvalue weighted by molar-refractivity contribution is 0.0243. The van der Waals surface area contributed by atoms with Gasteiger partial charge < -0.3 is 15.9 Å². The highest BCUT2D eigenvalue weighted by molar-refractivity contribution is 6.32. The molecule has 0 aliphatic rings. The number of alkyl halides is 1. The van der Waals surface area contributed by atoms with Crippen LogP contribution in [0.25, 0.3) is 0 Å². The summed E-state index contributed by atoms with van der Waals surface area (Å²) in [5, 5.41) is 19.6. The number of benzene rings is 1. The molecule has 2 unspecified atom stereocenters. The Hall–Kier alpha value is -0.320. The van der Waals surface area contributed by atoms with Crippen LogP contribution in [0.3, 0.4) is 0 Å². The summed E-state index contributed by atoms with van der Waals surface area (Å²) in [7, 11) is 0. The van der Waals surface area contributed by atoms with Gasteiger partial charge in [0.15, 0.2) is 0 Å². The van der Waals surface area contributed by atoms with Crippen LogP contribution in [0.4, 0.5) is 0 Å². The van der Waals surface area contributed by atoms with Gasteiger partial charge in [-0.25, -0.2) is 0 Å². The van der Waals surface area contributed by atoms with Crippen LogP contribution in [0.1, 0.15) is 17.2 Å². The lowest BCUT2D eigenvalue weighted by atomic mass is 10.0. The Kier molecular flexibility index (Phi) is 4.83. The zero-order valence-corrected chi connectivity index (χ0v) is 9.54. The molecule has 0 saturated carbocycles. The topological polar surface area (TPSA) is 66.5 Å². The molecule has 84 valence electrons. The van der Waals surface area contributed by atoms with Gasteiger partial charge in [-0.3, -0.25) is 0 Å². The van der Waals surface area contributed by atoms with Crippen molar-refractivity contribution in [2.75, 3.05) is 6.54 Å². The molecule has 0 radical (unpaired) electrons. The van der Waals surface area contributed by atoms with E-state index in [1.807, 2.05) is 0 Å². The minimum absolute atomic E-state index is 0.00000142. The molecule has 1 rings (SSSR count). The maximum atomic E-state index is 9.68. The Labute approximate surface area is 98.4 Å². The molecular formula is C10H13Cl2NO2. The lowest BCUT2D eigenvalue weighted by Gasteiger charge is -2.17. The predicted octanol–water partition coefficient (Wildman–Crippen LogP) is 1.43. The smallest absolute Gasteiger partial charge is 0.106 e. The van der Waals surface area contributed by atoms with Crippen LogP contribution in [-0.2, 0) is 5.88 Å². The first-order chi connectivity index (χ1) is 7.10. The monoisotopic (exact) mass is 249 g/mol. The second-order valence-corrected chi connectivity index (χ2v) is 3.91. The number of aliphatic hydroxyl groups excluding tert-OH is 2. The van der Waals surface area contributed by atoms with Crippen molar-refractivity contribution >= 4 is 23.2 Å². The number of aliphatic hydroxyl groups is 2. The van der Waals surface area contributed by atoms with Gasteiger partial charge in [0, 0.05) is 17.4 Å². The van der Waals surface area contributed by atoms with E-state index in [9.17, 15) is 10.2 Å². The van der Waals surface area contributed by atoms with Crippen LogP contribution >= 0.6 is 23.2 Å². The van der Waals surface area contributed by atoms with Gasteiger partial charge in [-0.1, -0.05) is 23.7 Å². The van der Waals surface area contributed by atoms with Crippen LogP contribution in [0.5, 0.6) is 0 Å². The molecule has 0 heterocycles. The highest BCUT2D eigenvalue weighted by Gasteiger charge is 2.17. The van der Waals surface area contributed by atoms with Gasteiger partial charge in [-0.05, 0) is 17.2 Å². The first kappa shape index (κ1) is 12.7. The second-order valence-electron chi connectivity index (χ2n) is 3.23. The van der Waals surface area contributed by atoms with Gasteiger partial charge >= 0.3 is 0 Å². The zero-order chi connectivity index (χ0) is 11.4. The van der Waals surface area contributed by atoms with Crippen LogP contribution in [-0.4, -0.2) is 22.9 Å². The molecule has 1 aromatic carbocycles. The van der Waals surface area contributed by atoms with Crippen molar-refractivity contribution in [1.82, 2.24) is 0 Å². The highest BCUT2D eigenvalue weighted by atomic mass is 35.5. The number of hydrogen-bond acceptors (Lipinski definition) is 3. The van der Waals surface area contributed by atoms with Crippen molar-refractivity contribution in [3.63, 3.8) is 0 Å². The van der Waals surface area contributed by atoms with E-state index in [0.29, 0.717) is 10.6 Å². The standard InChI is InChI=1S/C10H13Cl2NO2/c11-4-7-3-6(1-2-8(7)12)10(15)9(14)5-13/h1-3,9-10,14-15H,4-5,13H2. The van der Waals surface area contributed by atoms with Crippen LogP contribution in [0, 0.1) is 0 Å². The van der Waals surface area contributed by atoms with E-state index in [-0.39, 0.29) is 12.4 Å². The molecule has 0 spiro atoms. The van der Waals surface area contributed by atoms with Gasteiger partial charge in [0.1, 0.15) is 6.10 Å². The summed E-state index contributed by atoms with van der Waals surface area (Å²) in [6, 6.07) is 4.95. The molecule has 0 bridgehead atoms. The number of hydrogen-bond donors (Lipinski definition) is 3. The number of nitrogens with two attached hydrogens (primary N) is 1. The van der Waals surface area contributed by atoms with Gasteiger partial charge in [-0.2, -0.15) is 0 Å². The summed E-state index contributed by atoms with van der Waals surface area (Å²) >= 11 is 11.5. The highest BCUT2D eigenvalue weighted by Crippen LogP contribution is 2.24. The fraction of sp³-hybridized carbons (Fsp3) is 0.400. The van der Waals surface area contributed by atoms with E-state index in [0.717, 1.165) is 5.56 Å². The van der Waals surface area contributed by atoms with Crippen molar-refractivity contribution in [1.29, 1.82) is 0 Å². The maximum absolute atomic E-state index is 9.68. The first-order valence-electron chi connectivity index (χ1n) is 4.50. The minimum Gasteiger partial charge on any atom is -0.389 e. The number of halogens is 2. The van der Waals surface area contributed by atoms with Gasteiger partial charge in [0.25, 0.3) is 0 Å². The molecular weight excluding hydrogens is 237 g/mol. The maximum Gasteiger partial charge on any atom is 0.106 e. The van der Waals surface area contributed by atoms with Gasteiger partial charge in [0.05, 0.1) is 6.10 Å². The SMILES string of the molecule is NCC(O)C(O)c1ccc(Cl)c(CCl)c1. The fourth-order valence-corrected chi connectivity index (χ4v) is 1.71. The molecule has 0 amide bonds. The molecule has 4 N–H and O–H groups in total. The Balaban J connectivity index is 2.95. The third-order valence-electron chi connectivity index (χ3n) is 2.16. The van der Waals surface area contributed by atoms with E-state index in [1.165, 1.54) is 0 Å². The second kappa shape index (κ2) is 5.68. The lowest BCUT2D eigenvalue weighted by Crippen LogP contribution is -2.27. The quantitative estimate of drug-likeness (QED) is 0.708. The third-order valence-corrected chi connectivity index (χ3v) is 2.82. The Bertz CT molecular complexity index is 333. The van der Waals surface area contributed by atoms with E-state index in [1.54, 1.807) is 18.2 Å². The van der Waals surface area contributed by atoms with Crippen molar-refractivity contribution in [3.05, 3.63) is 34.3 Å². The predicted molar refractivity (Wildman–Crippen MR) is 61.0 cm³/mol. The van der Waals surface area contributed by atoms with E-state index in [4.69, 9.17) is 28.9 Å². The summed E-state index contributed by atoms with van der Waals surface area (Å²) in [4.78, 5) is 0. The Morgan fingerprint density at radius 3 is 2.53 bits per heavy atom. The number of rotatable bonds is 4. The largest absolute Gasteiger partial charge is 0.389 e. The van der Waals surface area contributed by atoms with E-state index >= 15 is 0 Å². The molecule has 15 heavy (non-hydrogen) atoms. The Morgan fingerprint density at radius 1 is 1.33 bits per heavy atom. The third kappa shape index (κ3) is 3.06. The minimum atomic E-state index is -1.01. The van der Waals surface area contributed by atoms with Gasteiger partial charge in [0.2, 0.25) is 0 Å². The zero-order valence-electron chi connectivity index (χ0n) is 8.03. The summed E-state index contributed by atoms with van der Waals surface area (Å²) in [6.07, 6.45) is -1.98. The van der Waals surface area contributed by atoms with E-state index < -0.39 is 12.2 Å². The molecule has 0 fully saturated rings. The van der Waals surface area contributed by atoms with Crippen LogP contribution in [0.2, 0.25) is 5.02 Å².